The summed E-state index contributed by atoms with van der Waals surface area (Å²) in [6, 6.07) is 0. The monoisotopic (exact) mass is 381 g/mol. The quantitative estimate of drug-likeness (QED) is 0.375. The number of hydrogen-bond acceptors (Lipinski definition) is 6. The molecular weight excluding hydrogens is 350 g/mol. The van der Waals surface area contributed by atoms with Crippen LogP contribution in [0.1, 0.15) is 47.5 Å². The molecule has 0 radical (unpaired) electrons. The zero-order valence-electron chi connectivity index (χ0n) is 15.3. The van der Waals surface area contributed by atoms with Gasteiger partial charge in [-0.1, -0.05) is 21.6 Å². The normalized spacial score (nSPS) is 12.2. The molecule has 0 unspecified atom stereocenters. The molecule has 2 N–H and O–H groups in total. The molecule has 0 fully saturated rings. The number of aliphatic carboxylic acids is 1. The van der Waals surface area contributed by atoms with Gasteiger partial charge in [0.15, 0.2) is 0 Å². The van der Waals surface area contributed by atoms with Crippen molar-refractivity contribution in [2.45, 2.75) is 58.7 Å². The number of carbonyl (C=O) groups excluding carboxylic acids is 1. The van der Waals surface area contributed by atoms with Crippen LogP contribution < -0.4 is 5.32 Å². The van der Waals surface area contributed by atoms with Crippen LogP contribution in [0.25, 0.3) is 0 Å². The first-order valence-corrected chi connectivity index (χ1v) is 10.5. The van der Waals surface area contributed by atoms with E-state index in [4.69, 9.17) is 14.6 Å². The molecule has 0 bridgehead atoms. The van der Waals surface area contributed by atoms with Crippen molar-refractivity contribution in [3.05, 3.63) is 0 Å². The fraction of sp³-hybridized carbons (Fsp3) is 0.875. The Balaban J connectivity index is 3.67. The SMILES string of the molecule is CC(C)(C)OCCC(C)(C)OCC(=O)NCCSSCCC(=O)O. The second-order valence-electron chi connectivity index (χ2n) is 6.90. The van der Waals surface area contributed by atoms with Crippen molar-refractivity contribution < 1.29 is 24.2 Å². The van der Waals surface area contributed by atoms with Gasteiger partial charge in [0.1, 0.15) is 6.61 Å². The minimum atomic E-state index is -0.788. The third-order valence-corrected chi connectivity index (χ3v) is 5.23. The number of carboxylic acids is 1. The van der Waals surface area contributed by atoms with Gasteiger partial charge in [-0.05, 0) is 41.0 Å². The standard InChI is InChI=1S/C16H31NO5S2/c1-15(2,3)21-9-7-16(4,5)22-12-13(18)17-8-11-24-23-10-6-14(19)20/h6-12H2,1-5H3,(H,17,18)(H,19,20). The molecule has 0 aromatic heterocycles. The van der Waals surface area contributed by atoms with E-state index in [0.29, 0.717) is 25.3 Å². The van der Waals surface area contributed by atoms with Crippen molar-refractivity contribution in [1.29, 1.82) is 0 Å². The lowest BCUT2D eigenvalue weighted by Crippen LogP contribution is -2.35. The van der Waals surface area contributed by atoms with E-state index in [2.05, 4.69) is 5.32 Å². The van der Waals surface area contributed by atoms with Crippen LogP contribution in [-0.2, 0) is 19.1 Å². The Bertz CT molecular complexity index is 383. The van der Waals surface area contributed by atoms with Crippen molar-refractivity contribution in [3.8, 4) is 0 Å². The number of hydrogen-bond donors (Lipinski definition) is 2. The minimum Gasteiger partial charge on any atom is -0.481 e. The second kappa shape index (κ2) is 12.0. The van der Waals surface area contributed by atoms with Gasteiger partial charge in [0.25, 0.3) is 0 Å². The predicted molar refractivity (Wildman–Crippen MR) is 101 cm³/mol. The van der Waals surface area contributed by atoms with E-state index < -0.39 is 11.6 Å². The zero-order valence-corrected chi connectivity index (χ0v) is 17.0. The van der Waals surface area contributed by atoms with Crippen molar-refractivity contribution in [1.82, 2.24) is 5.32 Å². The van der Waals surface area contributed by atoms with E-state index in [1.54, 1.807) is 10.8 Å². The fourth-order valence-corrected chi connectivity index (χ4v) is 3.35. The van der Waals surface area contributed by atoms with E-state index in [1.807, 2.05) is 34.6 Å². The molecule has 0 saturated heterocycles. The number of carbonyl (C=O) groups is 2. The number of amides is 1. The van der Waals surface area contributed by atoms with Crippen molar-refractivity contribution in [3.63, 3.8) is 0 Å². The van der Waals surface area contributed by atoms with Gasteiger partial charge in [0.2, 0.25) is 5.91 Å². The Kier molecular flexibility index (Phi) is 11.8. The molecule has 0 aliphatic heterocycles. The molecule has 0 saturated carbocycles. The molecule has 1 amide bonds. The summed E-state index contributed by atoms with van der Waals surface area (Å²) in [6.45, 7) is 11.1. The average Bonchev–Trinajstić information content (AvgIpc) is 2.42. The van der Waals surface area contributed by atoms with Crippen LogP contribution in [0.3, 0.4) is 0 Å². The summed E-state index contributed by atoms with van der Waals surface area (Å²) in [7, 11) is 3.06. The first kappa shape index (κ1) is 23.6. The van der Waals surface area contributed by atoms with Gasteiger partial charge >= 0.3 is 5.97 Å². The molecule has 0 heterocycles. The zero-order chi connectivity index (χ0) is 18.6. The first-order chi connectivity index (χ1) is 11.0. The van der Waals surface area contributed by atoms with Gasteiger partial charge in [-0.3, -0.25) is 9.59 Å². The van der Waals surface area contributed by atoms with Gasteiger partial charge in [0, 0.05) is 24.7 Å². The van der Waals surface area contributed by atoms with Crippen LogP contribution in [0, 0.1) is 0 Å². The molecule has 0 aromatic carbocycles. The Morgan fingerprint density at radius 2 is 1.67 bits per heavy atom. The van der Waals surface area contributed by atoms with Gasteiger partial charge < -0.3 is 19.9 Å². The van der Waals surface area contributed by atoms with Gasteiger partial charge in [-0.25, -0.2) is 0 Å². The Hall–Kier alpha value is -0.440. The number of carboxylic acid groups (broad SMARTS) is 1. The largest absolute Gasteiger partial charge is 0.481 e. The molecule has 142 valence electrons. The summed E-state index contributed by atoms with van der Waals surface area (Å²) in [5, 5.41) is 11.3. The van der Waals surface area contributed by atoms with Gasteiger partial charge in [-0.2, -0.15) is 0 Å². The molecule has 24 heavy (non-hydrogen) atoms. The number of rotatable bonds is 13. The highest BCUT2D eigenvalue weighted by molar-refractivity contribution is 8.76. The Morgan fingerprint density at radius 3 is 2.25 bits per heavy atom. The smallest absolute Gasteiger partial charge is 0.304 e. The van der Waals surface area contributed by atoms with Crippen molar-refractivity contribution >= 4 is 33.5 Å². The van der Waals surface area contributed by atoms with Gasteiger partial charge in [0.05, 0.1) is 17.6 Å². The van der Waals surface area contributed by atoms with Crippen molar-refractivity contribution in [2.75, 3.05) is 31.3 Å². The topological polar surface area (TPSA) is 84.9 Å². The Labute approximate surface area is 153 Å². The van der Waals surface area contributed by atoms with Crippen LogP contribution >= 0.6 is 21.6 Å². The molecule has 0 aliphatic carbocycles. The summed E-state index contributed by atoms with van der Waals surface area (Å²) in [5.74, 6) is 0.376. The lowest BCUT2D eigenvalue weighted by molar-refractivity contribution is -0.136. The third kappa shape index (κ3) is 16.4. The highest BCUT2D eigenvalue weighted by atomic mass is 33.1. The number of ether oxygens (including phenoxy) is 2. The van der Waals surface area contributed by atoms with E-state index in [9.17, 15) is 9.59 Å². The molecule has 0 aliphatic rings. The first-order valence-electron chi connectivity index (χ1n) is 8.03. The van der Waals surface area contributed by atoms with Crippen LogP contribution in [0.4, 0.5) is 0 Å². The highest BCUT2D eigenvalue weighted by Gasteiger charge is 2.21. The lowest BCUT2D eigenvalue weighted by Gasteiger charge is -2.27. The minimum absolute atomic E-state index is 0.0271. The maximum atomic E-state index is 11.7. The summed E-state index contributed by atoms with van der Waals surface area (Å²) >= 11 is 0. The maximum Gasteiger partial charge on any atom is 0.304 e. The van der Waals surface area contributed by atoms with Crippen LogP contribution in [-0.4, -0.2) is 59.4 Å². The highest BCUT2D eigenvalue weighted by Crippen LogP contribution is 2.21. The second-order valence-corrected chi connectivity index (χ2v) is 9.60. The van der Waals surface area contributed by atoms with Crippen LogP contribution in [0.2, 0.25) is 0 Å². The number of nitrogens with one attached hydrogen (secondary N) is 1. The average molecular weight is 382 g/mol. The Morgan fingerprint density at radius 1 is 1.04 bits per heavy atom. The molecule has 0 atom stereocenters. The molecule has 0 spiro atoms. The predicted octanol–water partition coefficient (Wildman–Crippen LogP) is 2.96. The summed E-state index contributed by atoms with van der Waals surface area (Å²) in [6.07, 6.45) is 0.874. The third-order valence-electron chi connectivity index (χ3n) is 2.82. The van der Waals surface area contributed by atoms with E-state index in [-0.39, 0.29) is 24.5 Å². The molecule has 0 aromatic rings. The van der Waals surface area contributed by atoms with E-state index in [1.165, 1.54) is 10.8 Å². The fourth-order valence-electron chi connectivity index (χ4n) is 1.47. The summed E-state index contributed by atoms with van der Waals surface area (Å²) in [5.41, 5.74) is -0.586. The molecule has 6 nitrogen and oxygen atoms in total. The van der Waals surface area contributed by atoms with Gasteiger partial charge in [-0.15, -0.1) is 0 Å². The molecule has 8 heteroatoms. The maximum absolute atomic E-state index is 11.7. The molecular formula is C16H31NO5S2. The summed E-state index contributed by atoms with van der Waals surface area (Å²) in [4.78, 5) is 22.1. The van der Waals surface area contributed by atoms with Crippen LogP contribution in [0.15, 0.2) is 0 Å². The summed E-state index contributed by atoms with van der Waals surface area (Å²) < 4.78 is 11.3. The molecule has 0 rings (SSSR count). The van der Waals surface area contributed by atoms with Crippen LogP contribution in [0.5, 0.6) is 0 Å². The van der Waals surface area contributed by atoms with E-state index >= 15 is 0 Å². The lowest BCUT2D eigenvalue weighted by atomic mass is 10.1. The van der Waals surface area contributed by atoms with E-state index in [0.717, 1.165) is 5.75 Å². The van der Waals surface area contributed by atoms with Crippen molar-refractivity contribution in [2.24, 2.45) is 0 Å².